The van der Waals surface area contributed by atoms with Crippen LogP contribution in [0.2, 0.25) is 0 Å². The van der Waals surface area contributed by atoms with Crippen LogP contribution in [-0.2, 0) is 9.53 Å². The third-order valence-corrected chi connectivity index (χ3v) is 3.31. The van der Waals surface area contributed by atoms with Gasteiger partial charge in [-0.2, -0.15) is 5.10 Å². The van der Waals surface area contributed by atoms with Crippen LogP contribution in [0.4, 0.5) is 0 Å². The van der Waals surface area contributed by atoms with Crippen LogP contribution >= 0.6 is 0 Å². The molecular formula is C17H21N3O3. The Labute approximate surface area is 135 Å². The number of ether oxygens (including phenoxy) is 1. The molecule has 0 radical (unpaired) electrons. The first-order valence-corrected chi connectivity index (χ1v) is 7.74. The summed E-state index contributed by atoms with van der Waals surface area (Å²) in [5.74, 6) is -0.789. The number of nitrogens with one attached hydrogen (secondary N) is 1. The molecule has 1 heterocycles. The predicted molar refractivity (Wildman–Crippen MR) is 86.4 cm³/mol. The van der Waals surface area contributed by atoms with Gasteiger partial charge in [0.05, 0.1) is 11.3 Å². The average Bonchev–Trinajstić information content (AvgIpc) is 3.11. The Balaban J connectivity index is 1.78. The average molecular weight is 315 g/mol. The Kier molecular flexibility index (Phi) is 6.35. The largest absolute Gasteiger partial charge is 0.452 e. The lowest BCUT2D eigenvalue weighted by Gasteiger charge is -2.07. The van der Waals surface area contributed by atoms with Crippen LogP contribution in [0.15, 0.2) is 42.7 Å². The first kappa shape index (κ1) is 16.7. The highest BCUT2D eigenvalue weighted by Gasteiger charge is 2.10. The summed E-state index contributed by atoms with van der Waals surface area (Å²) in [4.78, 5) is 23.5. The lowest BCUT2D eigenvalue weighted by atomic mass is 10.2. The van der Waals surface area contributed by atoms with Gasteiger partial charge < -0.3 is 10.1 Å². The molecule has 1 aromatic heterocycles. The lowest BCUT2D eigenvalue weighted by Crippen LogP contribution is -2.29. The van der Waals surface area contributed by atoms with Crippen molar-refractivity contribution in [3.8, 4) is 5.69 Å². The van der Waals surface area contributed by atoms with E-state index in [1.54, 1.807) is 35.1 Å². The van der Waals surface area contributed by atoms with Gasteiger partial charge in [-0.15, -0.1) is 0 Å². The highest BCUT2D eigenvalue weighted by molar-refractivity contribution is 5.91. The zero-order valence-corrected chi connectivity index (χ0v) is 13.2. The van der Waals surface area contributed by atoms with E-state index in [4.69, 9.17) is 4.74 Å². The standard InChI is InChI=1S/C17H21N3O3/c1-2-3-4-10-18-16(21)13-23-17(22)14-6-8-15(9-7-14)20-12-5-11-19-20/h5-9,11-12H,2-4,10,13H2,1H3,(H,18,21). The lowest BCUT2D eigenvalue weighted by molar-refractivity contribution is -0.124. The van der Waals surface area contributed by atoms with Crippen LogP contribution in [0.5, 0.6) is 0 Å². The molecule has 6 nitrogen and oxygen atoms in total. The molecule has 0 saturated carbocycles. The number of benzene rings is 1. The summed E-state index contributed by atoms with van der Waals surface area (Å²) in [5.41, 5.74) is 1.25. The Hall–Kier alpha value is -2.63. The summed E-state index contributed by atoms with van der Waals surface area (Å²) < 4.78 is 6.70. The van der Waals surface area contributed by atoms with Crippen LogP contribution in [-0.4, -0.2) is 34.8 Å². The Morgan fingerprint density at radius 1 is 1.22 bits per heavy atom. The minimum Gasteiger partial charge on any atom is -0.452 e. The van der Waals surface area contributed by atoms with E-state index in [2.05, 4.69) is 17.3 Å². The van der Waals surface area contributed by atoms with Crippen molar-refractivity contribution in [3.63, 3.8) is 0 Å². The van der Waals surface area contributed by atoms with Crippen molar-refractivity contribution in [2.24, 2.45) is 0 Å². The molecule has 6 heteroatoms. The maximum absolute atomic E-state index is 11.9. The Morgan fingerprint density at radius 2 is 2.00 bits per heavy atom. The molecule has 122 valence electrons. The summed E-state index contributed by atoms with van der Waals surface area (Å²) in [7, 11) is 0. The smallest absolute Gasteiger partial charge is 0.338 e. The number of aromatic nitrogens is 2. The van der Waals surface area contributed by atoms with Gasteiger partial charge in [-0.25, -0.2) is 9.48 Å². The highest BCUT2D eigenvalue weighted by Crippen LogP contribution is 2.09. The first-order valence-electron chi connectivity index (χ1n) is 7.74. The number of esters is 1. The fourth-order valence-corrected chi connectivity index (χ4v) is 2.04. The number of rotatable bonds is 8. The third kappa shape index (κ3) is 5.25. The molecular weight excluding hydrogens is 294 g/mol. The zero-order valence-electron chi connectivity index (χ0n) is 13.2. The van der Waals surface area contributed by atoms with Gasteiger partial charge in [0, 0.05) is 18.9 Å². The molecule has 0 aliphatic rings. The second kappa shape index (κ2) is 8.73. The highest BCUT2D eigenvalue weighted by atomic mass is 16.5. The molecule has 0 aliphatic carbocycles. The van der Waals surface area contributed by atoms with E-state index in [1.807, 2.05) is 12.3 Å². The number of nitrogens with zero attached hydrogens (tertiary/aromatic N) is 2. The molecule has 0 unspecified atom stereocenters. The number of hydrogen-bond donors (Lipinski definition) is 1. The minimum absolute atomic E-state index is 0.258. The summed E-state index contributed by atoms with van der Waals surface area (Å²) in [5, 5.41) is 6.83. The first-order chi connectivity index (χ1) is 11.2. The number of hydrogen-bond acceptors (Lipinski definition) is 4. The Bertz CT molecular complexity index is 621. The van der Waals surface area contributed by atoms with Crippen LogP contribution in [0.1, 0.15) is 36.5 Å². The van der Waals surface area contributed by atoms with E-state index in [0.717, 1.165) is 24.9 Å². The molecule has 1 aromatic carbocycles. The Morgan fingerprint density at radius 3 is 2.65 bits per heavy atom. The molecule has 1 amide bonds. The predicted octanol–water partition coefficient (Wildman–Crippen LogP) is 2.34. The topological polar surface area (TPSA) is 73.2 Å². The van der Waals surface area contributed by atoms with Crippen molar-refractivity contribution < 1.29 is 14.3 Å². The van der Waals surface area contributed by atoms with Crippen LogP contribution < -0.4 is 5.32 Å². The normalized spacial score (nSPS) is 10.3. The third-order valence-electron chi connectivity index (χ3n) is 3.31. The van der Waals surface area contributed by atoms with E-state index >= 15 is 0 Å². The van der Waals surface area contributed by atoms with Gasteiger partial charge in [0.25, 0.3) is 5.91 Å². The molecule has 0 spiro atoms. The molecule has 0 fully saturated rings. The maximum atomic E-state index is 11.9. The second-order valence-electron chi connectivity index (χ2n) is 5.13. The van der Waals surface area contributed by atoms with Crippen LogP contribution in [0, 0.1) is 0 Å². The summed E-state index contributed by atoms with van der Waals surface area (Å²) in [6.07, 6.45) is 6.60. The number of amides is 1. The molecule has 1 N–H and O–H groups in total. The fraction of sp³-hybridized carbons (Fsp3) is 0.353. The maximum Gasteiger partial charge on any atom is 0.338 e. The van der Waals surface area contributed by atoms with E-state index in [1.165, 1.54) is 0 Å². The van der Waals surface area contributed by atoms with Gasteiger partial charge >= 0.3 is 5.97 Å². The van der Waals surface area contributed by atoms with Crippen molar-refractivity contribution >= 4 is 11.9 Å². The van der Waals surface area contributed by atoms with E-state index in [9.17, 15) is 9.59 Å². The van der Waals surface area contributed by atoms with E-state index in [0.29, 0.717) is 12.1 Å². The van der Waals surface area contributed by atoms with Gasteiger partial charge in [0.2, 0.25) is 0 Å². The molecule has 0 atom stereocenters. The number of unbranched alkanes of at least 4 members (excludes halogenated alkanes) is 2. The quantitative estimate of drug-likeness (QED) is 0.599. The minimum atomic E-state index is -0.513. The van der Waals surface area contributed by atoms with Crippen molar-refractivity contribution in [2.75, 3.05) is 13.2 Å². The molecule has 0 aliphatic heterocycles. The summed E-state index contributed by atoms with van der Waals surface area (Å²) in [6, 6.07) is 8.67. The van der Waals surface area contributed by atoms with Crippen molar-refractivity contribution in [2.45, 2.75) is 26.2 Å². The molecule has 0 bridgehead atoms. The van der Waals surface area contributed by atoms with Crippen LogP contribution in [0.3, 0.4) is 0 Å². The number of carbonyl (C=O) groups is 2. The van der Waals surface area contributed by atoms with Gasteiger partial charge in [-0.1, -0.05) is 19.8 Å². The summed E-state index contributed by atoms with van der Waals surface area (Å²) >= 11 is 0. The van der Waals surface area contributed by atoms with Gasteiger partial charge in [-0.3, -0.25) is 4.79 Å². The molecule has 2 rings (SSSR count). The molecule has 23 heavy (non-hydrogen) atoms. The molecule has 0 saturated heterocycles. The van der Waals surface area contributed by atoms with Gasteiger partial charge in [-0.05, 0) is 36.8 Å². The van der Waals surface area contributed by atoms with Crippen molar-refractivity contribution in [3.05, 3.63) is 48.3 Å². The fourth-order valence-electron chi connectivity index (χ4n) is 2.04. The molecule has 2 aromatic rings. The van der Waals surface area contributed by atoms with E-state index < -0.39 is 5.97 Å². The number of carbonyl (C=O) groups excluding carboxylic acids is 2. The van der Waals surface area contributed by atoms with Crippen LogP contribution in [0.25, 0.3) is 5.69 Å². The second-order valence-corrected chi connectivity index (χ2v) is 5.13. The van der Waals surface area contributed by atoms with Crippen molar-refractivity contribution in [1.82, 2.24) is 15.1 Å². The summed E-state index contributed by atoms with van der Waals surface area (Å²) in [6.45, 7) is 2.45. The SMILES string of the molecule is CCCCCNC(=O)COC(=O)c1ccc(-n2cccn2)cc1. The monoisotopic (exact) mass is 315 g/mol. The van der Waals surface area contributed by atoms with Crippen molar-refractivity contribution in [1.29, 1.82) is 0 Å². The van der Waals surface area contributed by atoms with Gasteiger partial charge in [0.1, 0.15) is 0 Å². The zero-order chi connectivity index (χ0) is 16.5. The van der Waals surface area contributed by atoms with Gasteiger partial charge in [0.15, 0.2) is 6.61 Å². The van der Waals surface area contributed by atoms with E-state index in [-0.39, 0.29) is 12.5 Å².